The molecule has 0 atom stereocenters. The fourth-order valence-electron chi connectivity index (χ4n) is 2.85. The Kier molecular flexibility index (Phi) is 6.42. The third-order valence-electron chi connectivity index (χ3n) is 4.03. The lowest BCUT2D eigenvalue weighted by molar-refractivity contribution is 0.268. The zero-order valence-electron chi connectivity index (χ0n) is 15.6. The zero-order chi connectivity index (χ0) is 19.1. The minimum atomic E-state index is 0.0482. The van der Waals surface area contributed by atoms with Gasteiger partial charge in [-0.05, 0) is 68.2 Å². The van der Waals surface area contributed by atoms with E-state index in [2.05, 4.69) is 32.9 Å². The van der Waals surface area contributed by atoms with E-state index in [1.165, 1.54) is 28.3 Å². The first-order chi connectivity index (χ1) is 12.5. The molecule has 132 valence electrons. The minimum Gasteiger partial charge on any atom is -0.490 e. The van der Waals surface area contributed by atoms with Crippen LogP contribution < -0.4 is 9.47 Å². The van der Waals surface area contributed by atoms with Gasteiger partial charge in [0.1, 0.15) is 24.3 Å². The molecule has 0 aliphatic rings. The summed E-state index contributed by atoms with van der Waals surface area (Å²) < 4.78 is 11.7. The van der Waals surface area contributed by atoms with Gasteiger partial charge in [0.15, 0.2) is 11.5 Å². The zero-order valence-corrected chi connectivity index (χ0v) is 15.6. The molecule has 2 aromatic carbocycles. The van der Waals surface area contributed by atoms with Crippen LogP contribution in [0, 0.1) is 43.4 Å². The van der Waals surface area contributed by atoms with Crippen molar-refractivity contribution in [2.45, 2.75) is 34.3 Å². The molecule has 0 aromatic heterocycles. The van der Waals surface area contributed by atoms with Gasteiger partial charge in [0.05, 0.1) is 6.61 Å². The molecular weight excluding hydrogens is 324 g/mol. The van der Waals surface area contributed by atoms with Crippen molar-refractivity contribution in [2.24, 2.45) is 0 Å². The number of aryl methyl sites for hydroxylation is 3. The largest absolute Gasteiger partial charge is 0.490 e. The summed E-state index contributed by atoms with van der Waals surface area (Å²) in [5, 5.41) is 17.8. The topological polar surface area (TPSA) is 66.0 Å². The highest BCUT2D eigenvalue weighted by Gasteiger charge is 2.10. The number of hydrogen-bond donors (Lipinski definition) is 0. The summed E-state index contributed by atoms with van der Waals surface area (Å²) in [6.07, 6.45) is 1.53. The van der Waals surface area contributed by atoms with E-state index in [0.717, 1.165) is 5.56 Å². The van der Waals surface area contributed by atoms with Crippen LogP contribution in [0.4, 0.5) is 0 Å². The van der Waals surface area contributed by atoms with E-state index in [9.17, 15) is 0 Å². The van der Waals surface area contributed by atoms with Gasteiger partial charge in [0.25, 0.3) is 0 Å². The van der Waals surface area contributed by atoms with Crippen molar-refractivity contribution in [3.05, 3.63) is 63.7 Å². The molecule has 0 saturated carbocycles. The fourth-order valence-corrected chi connectivity index (χ4v) is 2.85. The SMILES string of the molecule is CCOc1cc(C=C(C#N)C#N)ccc1OCc1c(C)cc(C)cc1C. The lowest BCUT2D eigenvalue weighted by Crippen LogP contribution is -2.03. The molecule has 0 radical (unpaired) electrons. The van der Waals surface area contributed by atoms with Gasteiger partial charge in [-0.2, -0.15) is 10.5 Å². The Balaban J connectivity index is 2.28. The molecule has 26 heavy (non-hydrogen) atoms. The average Bonchev–Trinajstić information content (AvgIpc) is 2.60. The summed E-state index contributed by atoms with van der Waals surface area (Å²) >= 11 is 0. The molecule has 0 unspecified atom stereocenters. The van der Waals surface area contributed by atoms with E-state index in [1.54, 1.807) is 12.1 Å². The first-order valence-corrected chi connectivity index (χ1v) is 8.46. The lowest BCUT2D eigenvalue weighted by Gasteiger charge is -2.15. The summed E-state index contributed by atoms with van der Waals surface area (Å²) in [5.74, 6) is 1.23. The molecular formula is C22H22N2O2. The molecule has 0 bridgehead atoms. The summed E-state index contributed by atoms with van der Waals surface area (Å²) in [6.45, 7) is 9.10. The van der Waals surface area contributed by atoms with Crippen LogP contribution in [0.3, 0.4) is 0 Å². The Bertz CT molecular complexity index is 876. The molecule has 0 fully saturated rings. The smallest absolute Gasteiger partial charge is 0.161 e. The predicted octanol–water partition coefficient (Wildman–Crippen LogP) is 5.02. The normalized spacial score (nSPS) is 9.77. The van der Waals surface area contributed by atoms with Crippen LogP contribution in [0.25, 0.3) is 6.08 Å². The van der Waals surface area contributed by atoms with E-state index in [-0.39, 0.29) is 5.57 Å². The van der Waals surface area contributed by atoms with Gasteiger partial charge in [-0.1, -0.05) is 23.8 Å². The van der Waals surface area contributed by atoms with Crippen LogP contribution in [0.2, 0.25) is 0 Å². The molecule has 0 aliphatic carbocycles. The average molecular weight is 346 g/mol. The van der Waals surface area contributed by atoms with Gasteiger partial charge in [0, 0.05) is 0 Å². The molecule has 4 nitrogen and oxygen atoms in total. The summed E-state index contributed by atoms with van der Waals surface area (Å²) in [7, 11) is 0. The second kappa shape index (κ2) is 8.74. The first kappa shape index (κ1) is 19.1. The highest BCUT2D eigenvalue weighted by atomic mass is 16.5. The third-order valence-corrected chi connectivity index (χ3v) is 4.03. The predicted molar refractivity (Wildman–Crippen MR) is 102 cm³/mol. The van der Waals surface area contributed by atoms with Gasteiger partial charge in [-0.3, -0.25) is 0 Å². The van der Waals surface area contributed by atoms with Crippen LogP contribution in [0.1, 0.15) is 34.7 Å². The Morgan fingerprint density at radius 1 is 0.962 bits per heavy atom. The second-order valence-corrected chi connectivity index (χ2v) is 6.09. The van der Waals surface area contributed by atoms with E-state index >= 15 is 0 Å². The van der Waals surface area contributed by atoms with Crippen molar-refractivity contribution in [1.29, 1.82) is 10.5 Å². The van der Waals surface area contributed by atoms with Gasteiger partial charge in [-0.15, -0.1) is 0 Å². The Morgan fingerprint density at radius 3 is 2.19 bits per heavy atom. The maximum Gasteiger partial charge on any atom is 0.161 e. The Labute approximate surface area is 154 Å². The second-order valence-electron chi connectivity index (χ2n) is 6.09. The van der Waals surface area contributed by atoms with Crippen molar-refractivity contribution in [2.75, 3.05) is 6.61 Å². The molecule has 2 aromatic rings. The molecule has 0 spiro atoms. The first-order valence-electron chi connectivity index (χ1n) is 8.46. The van der Waals surface area contributed by atoms with Crippen LogP contribution in [-0.2, 0) is 6.61 Å². The van der Waals surface area contributed by atoms with Crippen LogP contribution >= 0.6 is 0 Å². The number of allylic oxidation sites excluding steroid dienone is 1. The van der Waals surface area contributed by atoms with Crippen LogP contribution in [0.5, 0.6) is 11.5 Å². The molecule has 0 aliphatic heterocycles. The summed E-state index contributed by atoms with van der Waals surface area (Å²) in [4.78, 5) is 0. The molecule has 2 rings (SSSR count). The number of nitrogens with zero attached hydrogens (tertiary/aromatic N) is 2. The summed E-state index contributed by atoms with van der Waals surface area (Å²) in [5.41, 5.74) is 5.58. The molecule has 0 N–H and O–H groups in total. The van der Waals surface area contributed by atoms with Crippen molar-refractivity contribution in [3.8, 4) is 23.6 Å². The standard InChI is InChI=1S/C22H22N2O2/c1-5-25-22-11-18(10-19(12-23)13-24)6-7-21(22)26-14-20-16(3)8-15(2)9-17(20)4/h6-11H,5,14H2,1-4H3. The quantitative estimate of drug-likeness (QED) is 0.689. The summed E-state index contributed by atoms with van der Waals surface area (Å²) in [6, 6.07) is 13.4. The van der Waals surface area contributed by atoms with E-state index in [1.807, 2.05) is 25.1 Å². The number of rotatable bonds is 6. The Morgan fingerprint density at radius 2 is 1.62 bits per heavy atom. The highest BCUT2D eigenvalue weighted by Crippen LogP contribution is 2.31. The maximum atomic E-state index is 8.90. The monoisotopic (exact) mass is 346 g/mol. The molecule has 0 saturated heterocycles. The molecule has 0 heterocycles. The molecule has 0 amide bonds. The van der Waals surface area contributed by atoms with Crippen molar-refractivity contribution < 1.29 is 9.47 Å². The van der Waals surface area contributed by atoms with Crippen LogP contribution in [0.15, 0.2) is 35.9 Å². The van der Waals surface area contributed by atoms with Gasteiger partial charge >= 0.3 is 0 Å². The number of hydrogen-bond acceptors (Lipinski definition) is 4. The van der Waals surface area contributed by atoms with E-state index in [4.69, 9.17) is 20.0 Å². The number of nitriles is 2. The fraction of sp³-hybridized carbons (Fsp3) is 0.273. The number of ether oxygens (including phenoxy) is 2. The minimum absolute atomic E-state index is 0.0482. The van der Waals surface area contributed by atoms with Crippen molar-refractivity contribution in [3.63, 3.8) is 0 Å². The van der Waals surface area contributed by atoms with Gasteiger partial charge in [-0.25, -0.2) is 0 Å². The molecule has 4 heteroatoms. The van der Waals surface area contributed by atoms with Crippen molar-refractivity contribution in [1.82, 2.24) is 0 Å². The Hall–Kier alpha value is -3.24. The van der Waals surface area contributed by atoms with Gasteiger partial charge < -0.3 is 9.47 Å². The lowest BCUT2D eigenvalue weighted by atomic mass is 10.0. The van der Waals surface area contributed by atoms with E-state index in [0.29, 0.717) is 24.7 Å². The number of benzene rings is 2. The van der Waals surface area contributed by atoms with E-state index < -0.39 is 0 Å². The highest BCUT2D eigenvalue weighted by molar-refractivity contribution is 5.64. The van der Waals surface area contributed by atoms with Crippen LogP contribution in [-0.4, -0.2) is 6.61 Å². The third kappa shape index (κ3) is 4.65. The van der Waals surface area contributed by atoms with Crippen molar-refractivity contribution >= 4 is 6.08 Å². The maximum absolute atomic E-state index is 8.90. The van der Waals surface area contributed by atoms with Gasteiger partial charge in [0.2, 0.25) is 0 Å².